The van der Waals surface area contributed by atoms with Crippen LogP contribution in [0.3, 0.4) is 0 Å². The van der Waals surface area contributed by atoms with Gasteiger partial charge in [-0.05, 0) is 24.6 Å². The number of rotatable bonds is 0. The topological polar surface area (TPSA) is 33.1 Å². The number of fused-ring (bicyclic) bond motifs is 1. The van der Waals surface area contributed by atoms with Crippen LogP contribution in [0, 0.1) is 6.92 Å². The molecule has 0 unspecified atom stereocenters. The minimum absolute atomic E-state index is 0.349. The van der Waals surface area contributed by atoms with Gasteiger partial charge in [0.15, 0.2) is 0 Å². The molecular weight excluding hydrogens is 182 g/mol. The van der Waals surface area contributed by atoms with Crippen LogP contribution in [0.1, 0.15) is 19.4 Å². The monoisotopic (exact) mass is 195 g/mol. The number of hydrogen-bond acceptors (Lipinski definition) is 3. The van der Waals surface area contributed by atoms with Crippen molar-refractivity contribution >= 4 is 21.6 Å². The summed E-state index contributed by atoms with van der Waals surface area (Å²) >= 11 is 1.54. The average Bonchev–Trinajstić information content (AvgIpc) is 2.56. The Hall–Kier alpha value is -1.09. The summed E-state index contributed by atoms with van der Waals surface area (Å²) in [4.78, 5) is 4.13. The van der Waals surface area contributed by atoms with Crippen molar-refractivity contribution in [1.29, 1.82) is 0 Å². The second-order valence-corrected chi connectivity index (χ2v) is 3.35. The van der Waals surface area contributed by atoms with E-state index in [4.69, 9.17) is 0 Å². The Morgan fingerprint density at radius 3 is 2.69 bits per heavy atom. The Balaban J connectivity index is 0.000000396. The third kappa shape index (κ3) is 1.98. The van der Waals surface area contributed by atoms with E-state index in [0.717, 1.165) is 15.8 Å². The van der Waals surface area contributed by atoms with Crippen molar-refractivity contribution in [2.45, 2.75) is 20.8 Å². The number of nitrogens with zero attached hydrogens (tertiary/aromatic N) is 1. The molecule has 0 saturated heterocycles. The molecule has 1 aromatic carbocycles. The zero-order valence-corrected chi connectivity index (χ0v) is 8.85. The van der Waals surface area contributed by atoms with E-state index in [-0.39, 0.29) is 0 Å². The van der Waals surface area contributed by atoms with Gasteiger partial charge in [0.2, 0.25) is 0 Å². The first kappa shape index (κ1) is 9.99. The maximum atomic E-state index is 9.31. The first-order valence-electron chi connectivity index (χ1n) is 4.30. The van der Waals surface area contributed by atoms with Gasteiger partial charge in [-0.3, -0.25) is 0 Å². The number of phenolic OH excluding ortho intramolecular Hbond substituents is 1. The summed E-state index contributed by atoms with van der Waals surface area (Å²) in [6, 6.07) is 3.64. The smallest absolute Gasteiger partial charge is 0.120 e. The van der Waals surface area contributed by atoms with Gasteiger partial charge in [-0.25, -0.2) is 4.98 Å². The van der Waals surface area contributed by atoms with Gasteiger partial charge in [0.25, 0.3) is 0 Å². The molecule has 0 aliphatic heterocycles. The number of phenols is 1. The van der Waals surface area contributed by atoms with Crippen LogP contribution in [0.25, 0.3) is 10.2 Å². The minimum Gasteiger partial charge on any atom is -0.508 e. The molecule has 1 heterocycles. The molecule has 0 fully saturated rings. The van der Waals surface area contributed by atoms with Crippen molar-refractivity contribution in [3.05, 3.63) is 23.2 Å². The van der Waals surface area contributed by atoms with Crippen molar-refractivity contribution in [2.75, 3.05) is 0 Å². The third-order valence-corrected chi connectivity index (χ3v) is 2.44. The number of benzene rings is 1. The van der Waals surface area contributed by atoms with Crippen LogP contribution in [0.15, 0.2) is 17.6 Å². The molecule has 0 atom stereocenters. The summed E-state index contributed by atoms with van der Waals surface area (Å²) in [7, 11) is 0. The largest absolute Gasteiger partial charge is 0.508 e. The van der Waals surface area contributed by atoms with Gasteiger partial charge in [-0.1, -0.05) is 13.8 Å². The van der Waals surface area contributed by atoms with Crippen molar-refractivity contribution < 1.29 is 5.11 Å². The fourth-order valence-electron chi connectivity index (χ4n) is 0.997. The summed E-state index contributed by atoms with van der Waals surface area (Å²) < 4.78 is 1.04. The summed E-state index contributed by atoms with van der Waals surface area (Å²) in [5, 5.41) is 9.31. The van der Waals surface area contributed by atoms with Gasteiger partial charge in [0.1, 0.15) is 5.75 Å². The standard InChI is InChI=1S/C8H7NOS.C2H6/c1-5-2-6-8(3-7(5)10)11-4-9-6;1-2/h2-4,10H,1H3;1-2H3. The van der Waals surface area contributed by atoms with E-state index in [1.807, 2.05) is 26.8 Å². The number of thiazole rings is 1. The number of hydrogen-bond donors (Lipinski definition) is 1. The predicted molar refractivity (Wildman–Crippen MR) is 57.4 cm³/mol. The molecule has 0 spiro atoms. The lowest BCUT2D eigenvalue weighted by molar-refractivity contribution is 0.472. The van der Waals surface area contributed by atoms with E-state index < -0.39 is 0 Å². The van der Waals surface area contributed by atoms with Gasteiger partial charge in [-0.2, -0.15) is 0 Å². The van der Waals surface area contributed by atoms with Crippen molar-refractivity contribution in [1.82, 2.24) is 4.98 Å². The Kier molecular flexibility index (Phi) is 3.25. The molecule has 0 aliphatic rings. The van der Waals surface area contributed by atoms with Crippen LogP contribution in [0.4, 0.5) is 0 Å². The highest BCUT2D eigenvalue weighted by Crippen LogP contribution is 2.25. The van der Waals surface area contributed by atoms with Crippen LogP contribution in [0.5, 0.6) is 5.75 Å². The van der Waals surface area contributed by atoms with Crippen molar-refractivity contribution in [3.63, 3.8) is 0 Å². The van der Waals surface area contributed by atoms with Gasteiger partial charge in [0, 0.05) is 0 Å². The average molecular weight is 195 g/mol. The molecule has 2 aromatic rings. The Bertz CT molecular complexity index is 359. The fraction of sp³-hybridized carbons (Fsp3) is 0.300. The molecular formula is C10H13NOS. The highest BCUT2D eigenvalue weighted by molar-refractivity contribution is 7.16. The molecule has 1 N–H and O–H groups in total. The molecule has 0 saturated carbocycles. The van der Waals surface area contributed by atoms with E-state index in [1.165, 1.54) is 11.3 Å². The molecule has 2 rings (SSSR count). The summed E-state index contributed by atoms with van der Waals surface area (Å²) in [5.74, 6) is 0.349. The molecule has 1 aromatic heterocycles. The molecule has 3 heteroatoms. The van der Waals surface area contributed by atoms with Crippen molar-refractivity contribution in [2.24, 2.45) is 0 Å². The quantitative estimate of drug-likeness (QED) is 0.699. The highest BCUT2D eigenvalue weighted by atomic mass is 32.1. The normalized spacial score (nSPS) is 9.46. The maximum absolute atomic E-state index is 9.31. The summed E-state index contributed by atoms with van der Waals surface area (Å²) in [6.07, 6.45) is 0. The van der Waals surface area contributed by atoms with E-state index in [1.54, 1.807) is 11.6 Å². The second kappa shape index (κ2) is 4.23. The molecule has 0 bridgehead atoms. The number of aryl methyl sites for hydroxylation is 1. The van der Waals surface area contributed by atoms with Gasteiger partial charge >= 0.3 is 0 Å². The Labute approximate surface area is 81.9 Å². The molecule has 2 nitrogen and oxygen atoms in total. The van der Waals surface area contributed by atoms with Crippen LogP contribution < -0.4 is 0 Å². The fourth-order valence-corrected chi connectivity index (χ4v) is 1.69. The lowest BCUT2D eigenvalue weighted by Gasteiger charge is -1.95. The second-order valence-electron chi connectivity index (χ2n) is 2.46. The van der Waals surface area contributed by atoms with Crippen molar-refractivity contribution in [3.8, 4) is 5.75 Å². The number of aromatic hydroxyl groups is 1. The minimum atomic E-state index is 0.349. The molecule has 0 aliphatic carbocycles. The zero-order chi connectivity index (χ0) is 9.84. The first-order valence-corrected chi connectivity index (χ1v) is 5.18. The number of aromatic nitrogens is 1. The molecule has 0 amide bonds. The van der Waals surface area contributed by atoms with Crippen LogP contribution in [-0.4, -0.2) is 10.1 Å². The lowest BCUT2D eigenvalue weighted by atomic mass is 10.2. The third-order valence-electron chi connectivity index (χ3n) is 1.65. The lowest BCUT2D eigenvalue weighted by Crippen LogP contribution is -1.73. The van der Waals surface area contributed by atoms with Gasteiger partial charge in [-0.15, -0.1) is 11.3 Å². The van der Waals surface area contributed by atoms with E-state index in [9.17, 15) is 5.11 Å². The summed E-state index contributed by atoms with van der Waals surface area (Å²) in [6.45, 7) is 5.87. The van der Waals surface area contributed by atoms with E-state index in [2.05, 4.69) is 4.98 Å². The van der Waals surface area contributed by atoms with E-state index in [0.29, 0.717) is 5.75 Å². The zero-order valence-electron chi connectivity index (χ0n) is 8.03. The molecule has 13 heavy (non-hydrogen) atoms. The van der Waals surface area contributed by atoms with Crippen LogP contribution in [0.2, 0.25) is 0 Å². The van der Waals surface area contributed by atoms with E-state index >= 15 is 0 Å². The van der Waals surface area contributed by atoms with Gasteiger partial charge < -0.3 is 5.11 Å². The Morgan fingerprint density at radius 1 is 1.31 bits per heavy atom. The maximum Gasteiger partial charge on any atom is 0.120 e. The molecule has 70 valence electrons. The highest BCUT2D eigenvalue weighted by Gasteiger charge is 2.00. The Morgan fingerprint density at radius 2 is 2.00 bits per heavy atom. The first-order chi connectivity index (χ1) is 6.27. The summed E-state index contributed by atoms with van der Waals surface area (Å²) in [5.41, 5.74) is 3.62. The van der Waals surface area contributed by atoms with Gasteiger partial charge in [0.05, 0.1) is 15.7 Å². The molecule has 0 radical (unpaired) electrons. The SMILES string of the molecule is CC.Cc1cc2ncsc2cc1O. The van der Waals surface area contributed by atoms with Crippen LogP contribution in [-0.2, 0) is 0 Å². The predicted octanol–water partition coefficient (Wildman–Crippen LogP) is 3.34. The van der Waals surface area contributed by atoms with Crippen LogP contribution >= 0.6 is 11.3 Å².